The molecule has 0 radical (unpaired) electrons. The van der Waals surface area contributed by atoms with Gasteiger partial charge in [-0.25, -0.2) is 4.98 Å². The fourth-order valence-electron chi connectivity index (χ4n) is 4.58. The van der Waals surface area contributed by atoms with Gasteiger partial charge in [0.1, 0.15) is 5.69 Å². The maximum Gasteiger partial charge on any atom is 0.156 e. The lowest BCUT2D eigenvalue weighted by atomic mass is 9.68. The van der Waals surface area contributed by atoms with E-state index in [0.29, 0.717) is 11.3 Å². The Morgan fingerprint density at radius 2 is 1.81 bits per heavy atom. The van der Waals surface area contributed by atoms with Crippen molar-refractivity contribution in [3.05, 3.63) is 47.9 Å². The molecule has 1 N–H and O–H groups in total. The predicted molar refractivity (Wildman–Crippen MR) is 113 cm³/mol. The van der Waals surface area contributed by atoms with Crippen LogP contribution in [0, 0.1) is 11.3 Å². The summed E-state index contributed by atoms with van der Waals surface area (Å²) in [6, 6.07) is 9.06. The Kier molecular flexibility index (Phi) is 4.79. The first kappa shape index (κ1) is 18.2. The summed E-state index contributed by atoms with van der Waals surface area (Å²) in [5.41, 5.74) is 4.02. The average Bonchev–Trinajstić information content (AvgIpc) is 3.15. The second-order valence-corrected chi connectivity index (χ2v) is 9.17. The van der Waals surface area contributed by atoms with Crippen LogP contribution in [0.25, 0.3) is 22.3 Å². The summed E-state index contributed by atoms with van der Waals surface area (Å²) in [5.74, 6) is 2.40. The number of pyridine rings is 1. The van der Waals surface area contributed by atoms with Crippen molar-refractivity contribution in [2.24, 2.45) is 11.3 Å². The summed E-state index contributed by atoms with van der Waals surface area (Å²) in [7, 11) is 0. The molecule has 2 aromatic heterocycles. The molecule has 27 heavy (non-hydrogen) atoms. The van der Waals surface area contributed by atoms with E-state index in [1.807, 2.05) is 12.4 Å². The van der Waals surface area contributed by atoms with E-state index in [0.717, 1.165) is 29.6 Å². The van der Waals surface area contributed by atoms with Gasteiger partial charge in [0.05, 0.1) is 0 Å². The molecule has 1 saturated carbocycles. The Morgan fingerprint density at radius 3 is 2.48 bits per heavy atom. The van der Waals surface area contributed by atoms with Crippen molar-refractivity contribution in [3.8, 4) is 11.5 Å². The molecular weight excluding hydrogens is 330 g/mol. The van der Waals surface area contributed by atoms with Gasteiger partial charge in [-0.15, -0.1) is 0 Å². The highest BCUT2D eigenvalue weighted by atomic mass is 14.9. The minimum Gasteiger partial charge on any atom is -0.341 e. The molecule has 3 heteroatoms. The highest BCUT2D eigenvalue weighted by Gasteiger charge is 2.30. The summed E-state index contributed by atoms with van der Waals surface area (Å²) in [6.07, 6.45) is 10.0. The summed E-state index contributed by atoms with van der Waals surface area (Å²) < 4.78 is 0. The maximum absolute atomic E-state index is 4.66. The van der Waals surface area contributed by atoms with Crippen LogP contribution in [0.4, 0.5) is 0 Å². The van der Waals surface area contributed by atoms with Gasteiger partial charge in [0.2, 0.25) is 0 Å². The lowest BCUT2D eigenvalue weighted by molar-refractivity contribution is 0.169. The van der Waals surface area contributed by atoms with E-state index < -0.39 is 0 Å². The summed E-state index contributed by atoms with van der Waals surface area (Å²) in [4.78, 5) is 12.6. The van der Waals surface area contributed by atoms with Crippen molar-refractivity contribution in [1.29, 1.82) is 0 Å². The van der Waals surface area contributed by atoms with Crippen LogP contribution >= 0.6 is 0 Å². The minimum atomic E-state index is 0.432. The van der Waals surface area contributed by atoms with Crippen LogP contribution in [0.15, 0.2) is 36.7 Å². The quantitative estimate of drug-likeness (QED) is 0.578. The molecule has 0 saturated heterocycles. The van der Waals surface area contributed by atoms with Gasteiger partial charge >= 0.3 is 0 Å². The molecule has 0 unspecified atom stereocenters. The topological polar surface area (TPSA) is 41.6 Å². The third-order valence-corrected chi connectivity index (χ3v) is 6.45. The van der Waals surface area contributed by atoms with Crippen LogP contribution in [0.3, 0.4) is 0 Å². The Balaban J connectivity index is 1.65. The van der Waals surface area contributed by atoms with E-state index in [-0.39, 0.29) is 0 Å². The lowest BCUT2D eigenvalue weighted by Crippen LogP contribution is -2.25. The SMILES string of the molecule is CCc1cnc(-c2nccc3ccc([C@H]4CC[C@@H](C(C)(C)C)CC4)cc23)[nH]1. The van der Waals surface area contributed by atoms with E-state index in [9.17, 15) is 0 Å². The molecule has 0 amide bonds. The largest absolute Gasteiger partial charge is 0.341 e. The summed E-state index contributed by atoms with van der Waals surface area (Å²) >= 11 is 0. The van der Waals surface area contributed by atoms with Crippen molar-refractivity contribution in [2.45, 2.75) is 65.7 Å². The maximum atomic E-state index is 4.66. The molecule has 4 rings (SSSR count). The van der Waals surface area contributed by atoms with Gasteiger partial charge in [-0.05, 0) is 72.4 Å². The van der Waals surface area contributed by atoms with Crippen molar-refractivity contribution in [2.75, 3.05) is 0 Å². The molecule has 0 aliphatic heterocycles. The smallest absolute Gasteiger partial charge is 0.156 e. The Hall–Kier alpha value is -2.16. The van der Waals surface area contributed by atoms with E-state index in [2.05, 4.69) is 66.9 Å². The second kappa shape index (κ2) is 7.10. The zero-order chi connectivity index (χ0) is 19.0. The number of benzene rings is 1. The number of nitrogens with zero attached hydrogens (tertiary/aromatic N) is 2. The molecule has 1 aliphatic rings. The van der Waals surface area contributed by atoms with Crippen LogP contribution in [0.5, 0.6) is 0 Å². The molecule has 0 spiro atoms. The number of aryl methyl sites for hydroxylation is 1. The van der Waals surface area contributed by atoms with Gasteiger partial charge in [0.15, 0.2) is 5.82 Å². The number of aromatic amines is 1. The van der Waals surface area contributed by atoms with Gasteiger partial charge < -0.3 is 4.98 Å². The van der Waals surface area contributed by atoms with Crippen molar-refractivity contribution < 1.29 is 0 Å². The number of nitrogens with one attached hydrogen (secondary N) is 1. The van der Waals surface area contributed by atoms with Gasteiger partial charge in [-0.1, -0.05) is 39.8 Å². The zero-order valence-corrected chi connectivity index (χ0v) is 17.0. The van der Waals surface area contributed by atoms with Gasteiger partial charge in [-0.3, -0.25) is 4.98 Å². The van der Waals surface area contributed by atoms with Crippen molar-refractivity contribution >= 4 is 10.8 Å². The molecule has 0 atom stereocenters. The molecule has 3 nitrogen and oxygen atoms in total. The number of aromatic nitrogens is 3. The number of fused-ring (bicyclic) bond motifs is 1. The van der Waals surface area contributed by atoms with E-state index in [1.54, 1.807) is 0 Å². The first-order chi connectivity index (χ1) is 13.0. The van der Waals surface area contributed by atoms with Crippen LogP contribution in [-0.2, 0) is 6.42 Å². The second-order valence-electron chi connectivity index (χ2n) is 9.17. The molecule has 1 fully saturated rings. The molecule has 0 bridgehead atoms. The zero-order valence-electron chi connectivity index (χ0n) is 17.0. The number of hydrogen-bond acceptors (Lipinski definition) is 2. The van der Waals surface area contributed by atoms with Crippen LogP contribution in [0.1, 0.15) is 70.6 Å². The van der Waals surface area contributed by atoms with Crippen LogP contribution in [0.2, 0.25) is 0 Å². The van der Waals surface area contributed by atoms with E-state index in [4.69, 9.17) is 0 Å². The molecular formula is C24H31N3. The highest BCUT2D eigenvalue weighted by Crippen LogP contribution is 2.43. The van der Waals surface area contributed by atoms with Gasteiger partial charge in [0.25, 0.3) is 0 Å². The number of rotatable bonds is 3. The van der Waals surface area contributed by atoms with Gasteiger partial charge in [-0.2, -0.15) is 0 Å². The first-order valence-electron chi connectivity index (χ1n) is 10.4. The predicted octanol–water partition coefficient (Wildman–Crippen LogP) is 6.51. The first-order valence-corrected chi connectivity index (χ1v) is 10.4. The Labute approximate surface area is 162 Å². The summed E-state index contributed by atoms with van der Waals surface area (Å²) in [6.45, 7) is 9.31. The Bertz CT molecular complexity index is 924. The monoisotopic (exact) mass is 361 g/mol. The molecule has 2 heterocycles. The number of H-pyrrole nitrogens is 1. The van der Waals surface area contributed by atoms with Gasteiger partial charge in [0, 0.05) is 23.5 Å². The highest BCUT2D eigenvalue weighted by molar-refractivity contribution is 5.93. The lowest BCUT2D eigenvalue weighted by Gasteiger charge is -2.37. The minimum absolute atomic E-state index is 0.432. The number of hydrogen-bond donors (Lipinski definition) is 1. The Morgan fingerprint density at radius 1 is 1.04 bits per heavy atom. The van der Waals surface area contributed by atoms with Crippen molar-refractivity contribution in [3.63, 3.8) is 0 Å². The third kappa shape index (κ3) is 3.65. The van der Waals surface area contributed by atoms with Crippen LogP contribution < -0.4 is 0 Å². The fraction of sp³-hybridized carbons (Fsp3) is 0.500. The molecule has 3 aromatic rings. The standard InChI is InChI=1S/C24H31N3/c1-5-20-15-26-23(27-20)22-21-14-18(7-6-17(21)12-13-25-22)16-8-10-19(11-9-16)24(2,3)4/h6-7,12-16,19H,5,8-11H2,1-4H3,(H,26,27)/t16-,19+. The molecule has 142 valence electrons. The fourth-order valence-corrected chi connectivity index (χ4v) is 4.58. The van der Waals surface area contributed by atoms with Crippen LogP contribution in [-0.4, -0.2) is 15.0 Å². The van der Waals surface area contributed by atoms with Crippen molar-refractivity contribution in [1.82, 2.24) is 15.0 Å². The summed E-state index contributed by atoms with van der Waals surface area (Å²) in [5, 5.41) is 2.45. The number of imidazole rings is 1. The van der Waals surface area contributed by atoms with E-state index in [1.165, 1.54) is 42.0 Å². The third-order valence-electron chi connectivity index (χ3n) is 6.45. The molecule has 1 aliphatic carbocycles. The average molecular weight is 362 g/mol. The normalized spacial score (nSPS) is 20.9. The van der Waals surface area contributed by atoms with E-state index >= 15 is 0 Å². The molecule has 1 aromatic carbocycles.